The Bertz CT molecular complexity index is 412. The second-order valence-electron chi connectivity index (χ2n) is 5.65. The summed E-state index contributed by atoms with van der Waals surface area (Å²) >= 11 is 5.65. The van der Waals surface area contributed by atoms with Gasteiger partial charge in [-0.25, -0.2) is 0 Å². The van der Waals surface area contributed by atoms with E-state index in [2.05, 4.69) is 71.5 Å². The molecule has 1 aromatic carbocycles. The van der Waals surface area contributed by atoms with Crippen LogP contribution >= 0.6 is 27.7 Å². The zero-order chi connectivity index (χ0) is 15.7. The lowest BCUT2D eigenvalue weighted by Crippen LogP contribution is -2.29. The van der Waals surface area contributed by atoms with E-state index < -0.39 is 0 Å². The van der Waals surface area contributed by atoms with E-state index in [0.717, 1.165) is 19.6 Å². The van der Waals surface area contributed by atoms with E-state index in [4.69, 9.17) is 0 Å². The largest absolute Gasteiger partial charge is 0.313 e. The van der Waals surface area contributed by atoms with E-state index in [-0.39, 0.29) is 0 Å². The van der Waals surface area contributed by atoms with Gasteiger partial charge in [0.05, 0.1) is 0 Å². The van der Waals surface area contributed by atoms with Gasteiger partial charge in [-0.1, -0.05) is 35.0 Å². The highest BCUT2D eigenvalue weighted by atomic mass is 79.9. The minimum atomic E-state index is 0.621. The number of thioether (sulfide) groups is 1. The van der Waals surface area contributed by atoms with Gasteiger partial charge in [0.15, 0.2) is 0 Å². The summed E-state index contributed by atoms with van der Waals surface area (Å²) in [7, 11) is 2.22. The van der Waals surface area contributed by atoms with Crippen LogP contribution in [0.4, 0.5) is 0 Å². The van der Waals surface area contributed by atoms with Gasteiger partial charge in [-0.2, -0.15) is 11.8 Å². The molecule has 0 bridgehead atoms. The lowest BCUT2D eigenvalue weighted by atomic mass is 10.1. The molecule has 0 spiro atoms. The van der Waals surface area contributed by atoms with E-state index in [9.17, 15) is 0 Å². The van der Waals surface area contributed by atoms with E-state index in [1.165, 1.54) is 34.2 Å². The van der Waals surface area contributed by atoms with E-state index in [1.54, 1.807) is 0 Å². The van der Waals surface area contributed by atoms with Crippen molar-refractivity contribution in [3.8, 4) is 0 Å². The Kier molecular flexibility index (Phi) is 9.65. The molecule has 1 unspecified atom stereocenters. The molecule has 0 aliphatic heterocycles. The minimum Gasteiger partial charge on any atom is -0.313 e. The molecule has 1 N–H and O–H groups in total. The van der Waals surface area contributed by atoms with Crippen molar-refractivity contribution < 1.29 is 0 Å². The van der Waals surface area contributed by atoms with Gasteiger partial charge in [-0.05, 0) is 62.6 Å². The van der Waals surface area contributed by atoms with Crippen LogP contribution in [-0.4, -0.2) is 36.5 Å². The van der Waals surface area contributed by atoms with Gasteiger partial charge in [0.25, 0.3) is 0 Å². The smallest absolute Gasteiger partial charge is 0.0244 e. The molecule has 1 aromatic rings. The van der Waals surface area contributed by atoms with Gasteiger partial charge in [0.2, 0.25) is 0 Å². The Morgan fingerprint density at radius 2 is 2.14 bits per heavy atom. The molecule has 0 aliphatic carbocycles. The fraction of sp³-hybridized carbons (Fsp3) is 0.647. The molecule has 0 saturated heterocycles. The van der Waals surface area contributed by atoms with Gasteiger partial charge in [-0.3, -0.25) is 4.90 Å². The first kappa shape index (κ1) is 19.0. The molecule has 0 aliphatic rings. The van der Waals surface area contributed by atoms with Crippen molar-refractivity contribution >= 4 is 27.7 Å². The normalized spacial score (nSPS) is 12.9. The van der Waals surface area contributed by atoms with Crippen LogP contribution in [-0.2, 0) is 13.1 Å². The number of hydrogen-bond acceptors (Lipinski definition) is 3. The molecule has 0 heterocycles. The SMILES string of the molecule is CCCNCc1ccc(CN(C)C(C)CCSC)c(Br)c1. The Labute approximate surface area is 143 Å². The summed E-state index contributed by atoms with van der Waals surface area (Å²) in [5.41, 5.74) is 2.71. The summed E-state index contributed by atoms with van der Waals surface area (Å²) < 4.78 is 1.22. The second-order valence-corrected chi connectivity index (χ2v) is 7.49. The first-order valence-corrected chi connectivity index (χ1v) is 9.94. The molecule has 0 saturated carbocycles. The van der Waals surface area contributed by atoms with Crippen LogP contribution < -0.4 is 5.32 Å². The van der Waals surface area contributed by atoms with Crippen LogP contribution in [0.1, 0.15) is 37.8 Å². The molecule has 120 valence electrons. The molecule has 0 aromatic heterocycles. The molecule has 4 heteroatoms. The van der Waals surface area contributed by atoms with Crippen molar-refractivity contribution in [2.45, 2.75) is 45.8 Å². The highest BCUT2D eigenvalue weighted by molar-refractivity contribution is 9.10. The molecule has 2 nitrogen and oxygen atoms in total. The summed E-state index contributed by atoms with van der Waals surface area (Å²) in [6.45, 7) is 7.54. The molecule has 0 radical (unpaired) electrons. The van der Waals surface area contributed by atoms with E-state index in [1.807, 2.05) is 11.8 Å². The molecule has 1 atom stereocenters. The minimum absolute atomic E-state index is 0.621. The molecular weight excluding hydrogens is 344 g/mol. The first-order valence-electron chi connectivity index (χ1n) is 7.75. The quantitative estimate of drug-likeness (QED) is 0.607. The third-order valence-corrected chi connectivity index (χ3v) is 5.17. The average Bonchev–Trinajstić information content (AvgIpc) is 2.47. The topological polar surface area (TPSA) is 15.3 Å². The first-order chi connectivity index (χ1) is 10.1. The third kappa shape index (κ3) is 7.18. The number of rotatable bonds is 10. The summed E-state index contributed by atoms with van der Waals surface area (Å²) in [6, 6.07) is 7.36. The average molecular weight is 373 g/mol. The second kappa shape index (κ2) is 10.7. The summed E-state index contributed by atoms with van der Waals surface area (Å²) in [5.74, 6) is 1.23. The number of halogens is 1. The van der Waals surface area contributed by atoms with Gasteiger partial charge < -0.3 is 5.32 Å². The summed E-state index contributed by atoms with van der Waals surface area (Å²) in [6.07, 6.45) is 4.60. The summed E-state index contributed by atoms with van der Waals surface area (Å²) in [5, 5.41) is 3.45. The Balaban J connectivity index is 2.55. The van der Waals surface area contributed by atoms with Crippen molar-refractivity contribution in [2.75, 3.05) is 25.6 Å². The standard InChI is InChI=1S/C17H29BrN2S/c1-5-9-19-12-15-6-7-16(17(18)11-15)13-20(3)14(2)8-10-21-4/h6-7,11,14,19H,5,8-10,12-13H2,1-4H3. The van der Waals surface area contributed by atoms with Crippen molar-refractivity contribution in [1.29, 1.82) is 0 Å². The fourth-order valence-corrected chi connectivity index (χ4v) is 3.30. The highest BCUT2D eigenvalue weighted by Crippen LogP contribution is 2.21. The van der Waals surface area contributed by atoms with E-state index in [0.29, 0.717) is 6.04 Å². The number of hydrogen-bond donors (Lipinski definition) is 1. The molecule has 1 rings (SSSR count). The zero-order valence-electron chi connectivity index (χ0n) is 13.8. The maximum absolute atomic E-state index is 3.73. The van der Waals surface area contributed by atoms with Crippen LogP contribution in [0.2, 0.25) is 0 Å². The van der Waals surface area contributed by atoms with Crippen molar-refractivity contribution in [2.24, 2.45) is 0 Å². The Hall–Kier alpha value is -0.0300. The van der Waals surface area contributed by atoms with Gasteiger partial charge in [0, 0.05) is 23.6 Å². The maximum atomic E-state index is 3.73. The molecule has 0 fully saturated rings. The number of nitrogens with one attached hydrogen (secondary N) is 1. The third-order valence-electron chi connectivity index (χ3n) is 3.79. The lowest BCUT2D eigenvalue weighted by Gasteiger charge is -2.25. The number of benzene rings is 1. The predicted octanol–water partition coefficient (Wildman–Crippen LogP) is 4.52. The van der Waals surface area contributed by atoms with Gasteiger partial charge in [-0.15, -0.1) is 0 Å². The zero-order valence-corrected chi connectivity index (χ0v) is 16.2. The van der Waals surface area contributed by atoms with Crippen LogP contribution in [0, 0.1) is 0 Å². The van der Waals surface area contributed by atoms with Crippen molar-refractivity contribution in [3.05, 3.63) is 33.8 Å². The summed E-state index contributed by atoms with van der Waals surface area (Å²) in [4.78, 5) is 2.44. The maximum Gasteiger partial charge on any atom is 0.0244 e. The number of nitrogens with zero attached hydrogens (tertiary/aromatic N) is 1. The van der Waals surface area contributed by atoms with Gasteiger partial charge in [0.1, 0.15) is 0 Å². The molecule has 0 amide bonds. The van der Waals surface area contributed by atoms with Crippen molar-refractivity contribution in [3.63, 3.8) is 0 Å². The Morgan fingerprint density at radius 1 is 1.38 bits per heavy atom. The fourth-order valence-electron chi connectivity index (χ4n) is 2.17. The molecule has 21 heavy (non-hydrogen) atoms. The highest BCUT2D eigenvalue weighted by Gasteiger charge is 2.11. The van der Waals surface area contributed by atoms with Crippen LogP contribution in [0.15, 0.2) is 22.7 Å². The monoisotopic (exact) mass is 372 g/mol. The van der Waals surface area contributed by atoms with Crippen LogP contribution in [0.5, 0.6) is 0 Å². The van der Waals surface area contributed by atoms with E-state index >= 15 is 0 Å². The van der Waals surface area contributed by atoms with Crippen LogP contribution in [0.3, 0.4) is 0 Å². The van der Waals surface area contributed by atoms with Gasteiger partial charge >= 0.3 is 0 Å². The van der Waals surface area contributed by atoms with Crippen molar-refractivity contribution in [1.82, 2.24) is 10.2 Å². The Morgan fingerprint density at radius 3 is 2.76 bits per heavy atom. The van der Waals surface area contributed by atoms with Crippen LogP contribution in [0.25, 0.3) is 0 Å². The lowest BCUT2D eigenvalue weighted by molar-refractivity contribution is 0.244. The molecular formula is C17H29BrN2S. The predicted molar refractivity (Wildman–Crippen MR) is 100 cm³/mol.